The number of likely N-dealkylation sites (tertiary alicyclic amines) is 1. The second-order valence-corrected chi connectivity index (χ2v) is 11.5. The molecule has 0 radical (unpaired) electrons. The number of benzene rings is 4. The van der Waals surface area contributed by atoms with Crippen LogP contribution in [0.4, 0.5) is 11.4 Å². The molecular weight excluding hydrogens is 576 g/mol. The molecule has 4 aromatic carbocycles. The number of ether oxygens (including phenoxy) is 2. The quantitative estimate of drug-likeness (QED) is 0.141. The van der Waals surface area contributed by atoms with Gasteiger partial charge in [0.1, 0.15) is 17.1 Å². The SMILES string of the molecule is COc1cccc(C(=O)NCCNc2cccc(N[S+]([O-])c3cc(-c4cccc(C(=O)N5CCCC5)c4)ccc3OC)c2)c1. The summed E-state index contributed by atoms with van der Waals surface area (Å²) in [6, 6.07) is 27.5. The van der Waals surface area contributed by atoms with E-state index in [1.807, 2.05) is 65.6 Å². The van der Waals surface area contributed by atoms with E-state index >= 15 is 0 Å². The van der Waals surface area contributed by atoms with Crippen molar-refractivity contribution in [1.29, 1.82) is 0 Å². The Labute approximate surface area is 260 Å². The number of methoxy groups -OCH3 is 2. The Morgan fingerprint density at radius 2 is 1.52 bits per heavy atom. The predicted octanol–water partition coefficient (Wildman–Crippen LogP) is 5.58. The van der Waals surface area contributed by atoms with E-state index in [-0.39, 0.29) is 11.8 Å². The molecule has 1 heterocycles. The molecule has 3 N–H and O–H groups in total. The Balaban J connectivity index is 1.22. The molecule has 0 saturated carbocycles. The van der Waals surface area contributed by atoms with Gasteiger partial charge in [0.05, 0.1) is 19.9 Å². The molecule has 1 unspecified atom stereocenters. The number of amides is 2. The number of rotatable bonds is 12. The Morgan fingerprint density at radius 1 is 0.795 bits per heavy atom. The maximum absolute atomic E-state index is 13.5. The lowest BCUT2D eigenvalue weighted by molar-refractivity contribution is 0.0792. The smallest absolute Gasteiger partial charge is 0.253 e. The van der Waals surface area contributed by atoms with E-state index in [9.17, 15) is 14.1 Å². The molecule has 1 atom stereocenters. The van der Waals surface area contributed by atoms with Gasteiger partial charge in [0, 0.05) is 49.1 Å². The average Bonchev–Trinajstić information content (AvgIpc) is 3.61. The van der Waals surface area contributed by atoms with Crippen molar-refractivity contribution in [2.24, 2.45) is 0 Å². The molecule has 44 heavy (non-hydrogen) atoms. The first kappa shape index (κ1) is 30.8. The fraction of sp³-hybridized carbons (Fsp3) is 0.235. The van der Waals surface area contributed by atoms with E-state index in [0.29, 0.717) is 46.3 Å². The van der Waals surface area contributed by atoms with Crippen LogP contribution in [0.1, 0.15) is 33.6 Å². The summed E-state index contributed by atoms with van der Waals surface area (Å²) >= 11 is -1.64. The number of carbonyl (C=O) groups excluding carboxylic acids is 2. The summed E-state index contributed by atoms with van der Waals surface area (Å²) in [5.41, 5.74) is 4.33. The second-order valence-electron chi connectivity index (χ2n) is 10.3. The van der Waals surface area contributed by atoms with Crippen molar-refractivity contribution >= 4 is 34.6 Å². The van der Waals surface area contributed by atoms with Gasteiger partial charge in [-0.3, -0.25) is 9.59 Å². The van der Waals surface area contributed by atoms with Crippen molar-refractivity contribution in [3.05, 3.63) is 102 Å². The number of nitrogens with zero attached hydrogens (tertiary/aromatic N) is 1. The second kappa shape index (κ2) is 14.7. The first-order valence-electron chi connectivity index (χ1n) is 14.5. The molecule has 2 amide bonds. The molecule has 1 fully saturated rings. The number of hydrogen-bond donors (Lipinski definition) is 3. The normalized spacial score (nSPS) is 13.2. The predicted molar refractivity (Wildman–Crippen MR) is 174 cm³/mol. The van der Waals surface area contributed by atoms with Crippen LogP contribution in [0.25, 0.3) is 11.1 Å². The van der Waals surface area contributed by atoms with Crippen LogP contribution >= 0.6 is 0 Å². The Bertz CT molecular complexity index is 1610. The van der Waals surface area contributed by atoms with Crippen LogP contribution in [0, 0.1) is 0 Å². The summed E-state index contributed by atoms with van der Waals surface area (Å²) in [5.74, 6) is 0.971. The lowest BCUT2D eigenvalue weighted by Gasteiger charge is -2.17. The fourth-order valence-corrected chi connectivity index (χ4v) is 6.06. The number of nitrogens with one attached hydrogen (secondary N) is 3. The van der Waals surface area contributed by atoms with Gasteiger partial charge in [-0.15, -0.1) is 0 Å². The van der Waals surface area contributed by atoms with Gasteiger partial charge in [-0.1, -0.05) is 30.3 Å². The number of hydrogen-bond acceptors (Lipinski definition) is 7. The van der Waals surface area contributed by atoms with Gasteiger partial charge in [-0.25, -0.2) is 4.72 Å². The maximum Gasteiger partial charge on any atom is 0.253 e. The van der Waals surface area contributed by atoms with E-state index in [0.717, 1.165) is 42.7 Å². The summed E-state index contributed by atoms with van der Waals surface area (Å²) < 4.78 is 27.3. The Hall–Kier alpha value is -4.67. The Kier molecular flexibility index (Phi) is 10.3. The van der Waals surface area contributed by atoms with Crippen LogP contribution in [0.5, 0.6) is 11.5 Å². The molecule has 1 saturated heterocycles. The summed E-state index contributed by atoms with van der Waals surface area (Å²) in [5, 5.41) is 6.17. The van der Waals surface area contributed by atoms with Gasteiger partial charge in [-0.2, -0.15) is 0 Å². The van der Waals surface area contributed by atoms with Gasteiger partial charge < -0.3 is 29.6 Å². The third-order valence-electron chi connectivity index (χ3n) is 7.34. The fourth-order valence-electron chi connectivity index (χ4n) is 5.04. The number of carbonyl (C=O) groups is 2. The molecule has 4 aromatic rings. The standard InChI is InChI=1S/C34H36N4O5S/c1-42-30-13-6-9-26(21-30)33(39)36-17-16-35-28-11-7-12-29(23-28)37-44(41)32-22-25(14-15-31(32)43-2)24-8-5-10-27(20-24)34(40)38-18-3-4-19-38/h5-15,20-23,35,37H,3-4,16-19H2,1-2H3,(H,36,39). The molecule has 0 bridgehead atoms. The van der Waals surface area contributed by atoms with Gasteiger partial charge >= 0.3 is 0 Å². The highest BCUT2D eigenvalue weighted by atomic mass is 32.2. The first-order chi connectivity index (χ1) is 21.4. The molecular formula is C34H36N4O5S. The summed E-state index contributed by atoms with van der Waals surface area (Å²) in [7, 11) is 3.11. The minimum atomic E-state index is -1.64. The van der Waals surface area contributed by atoms with Crippen LogP contribution in [0.2, 0.25) is 0 Å². The summed E-state index contributed by atoms with van der Waals surface area (Å²) in [6.45, 7) is 2.49. The van der Waals surface area contributed by atoms with E-state index < -0.39 is 11.4 Å². The first-order valence-corrected chi connectivity index (χ1v) is 15.6. The third kappa shape index (κ3) is 7.64. The molecule has 0 aliphatic carbocycles. The monoisotopic (exact) mass is 612 g/mol. The zero-order valence-corrected chi connectivity index (χ0v) is 25.6. The molecule has 10 heteroatoms. The lowest BCUT2D eigenvalue weighted by Crippen LogP contribution is -2.28. The van der Waals surface area contributed by atoms with Crippen LogP contribution in [-0.4, -0.2) is 61.7 Å². The van der Waals surface area contributed by atoms with Crippen molar-refractivity contribution in [1.82, 2.24) is 10.2 Å². The molecule has 1 aliphatic rings. The average molecular weight is 613 g/mol. The van der Waals surface area contributed by atoms with Crippen molar-refractivity contribution in [2.75, 3.05) is 50.4 Å². The van der Waals surface area contributed by atoms with Gasteiger partial charge in [0.25, 0.3) is 11.8 Å². The van der Waals surface area contributed by atoms with Crippen LogP contribution in [0.15, 0.2) is 95.9 Å². The van der Waals surface area contributed by atoms with Crippen LogP contribution < -0.4 is 24.8 Å². The van der Waals surface area contributed by atoms with E-state index in [2.05, 4.69) is 15.4 Å². The zero-order valence-electron chi connectivity index (χ0n) is 24.8. The maximum atomic E-state index is 13.5. The molecule has 9 nitrogen and oxygen atoms in total. The van der Waals surface area contributed by atoms with Gasteiger partial charge in [0.2, 0.25) is 4.90 Å². The molecule has 5 rings (SSSR count). The zero-order chi connectivity index (χ0) is 30.9. The number of anilines is 2. The minimum absolute atomic E-state index is 0.0380. The molecule has 228 valence electrons. The largest absolute Gasteiger partial charge is 0.588 e. The van der Waals surface area contributed by atoms with Gasteiger partial charge in [0.15, 0.2) is 5.75 Å². The van der Waals surface area contributed by atoms with Crippen LogP contribution in [-0.2, 0) is 11.4 Å². The van der Waals surface area contributed by atoms with Crippen molar-refractivity contribution in [3.63, 3.8) is 0 Å². The molecule has 0 spiro atoms. The van der Waals surface area contributed by atoms with E-state index in [1.54, 1.807) is 44.6 Å². The van der Waals surface area contributed by atoms with E-state index in [1.165, 1.54) is 0 Å². The van der Waals surface area contributed by atoms with Crippen LogP contribution in [0.3, 0.4) is 0 Å². The highest BCUT2D eigenvalue weighted by Crippen LogP contribution is 2.32. The van der Waals surface area contributed by atoms with E-state index in [4.69, 9.17) is 9.47 Å². The lowest BCUT2D eigenvalue weighted by atomic mass is 10.0. The van der Waals surface area contributed by atoms with Crippen molar-refractivity contribution < 1.29 is 23.6 Å². The highest BCUT2D eigenvalue weighted by Gasteiger charge is 2.22. The van der Waals surface area contributed by atoms with Crippen molar-refractivity contribution in [2.45, 2.75) is 17.7 Å². The summed E-state index contributed by atoms with van der Waals surface area (Å²) in [6.07, 6.45) is 2.07. The van der Waals surface area contributed by atoms with Crippen molar-refractivity contribution in [3.8, 4) is 22.6 Å². The Morgan fingerprint density at radius 3 is 2.32 bits per heavy atom. The summed E-state index contributed by atoms with van der Waals surface area (Å²) in [4.78, 5) is 27.8. The third-order valence-corrected chi connectivity index (χ3v) is 8.48. The molecule has 0 aromatic heterocycles. The highest BCUT2D eigenvalue weighted by molar-refractivity contribution is 7.92. The molecule has 1 aliphatic heterocycles. The topological polar surface area (TPSA) is 115 Å². The van der Waals surface area contributed by atoms with Gasteiger partial charge in [-0.05, 0) is 78.6 Å². The minimum Gasteiger partial charge on any atom is -0.588 e.